The third-order valence-corrected chi connectivity index (χ3v) is 3.30. The molecule has 2 aromatic carbocycles. The van der Waals surface area contributed by atoms with Gasteiger partial charge >= 0.3 is 0 Å². The molecule has 0 aromatic heterocycles. The summed E-state index contributed by atoms with van der Waals surface area (Å²) in [5.74, 6) is -1.14. The fourth-order valence-corrected chi connectivity index (χ4v) is 2.27. The number of carbonyl (C=O) groups is 1. The number of ketones is 1. The predicted molar refractivity (Wildman–Crippen MR) is 79.4 cm³/mol. The van der Waals surface area contributed by atoms with Crippen molar-refractivity contribution in [3.05, 3.63) is 71.0 Å². The van der Waals surface area contributed by atoms with E-state index in [0.29, 0.717) is 16.8 Å². The molecule has 1 N–H and O–H groups in total. The molecular formula is C17H9FN2O2. The second kappa shape index (κ2) is 5.26. The zero-order valence-corrected chi connectivity index (χ0v) is 11.2. The van der Waals surface area contributed by atoms with E-state index in [-0.39, 0.29) is 17.0 Å². The van der Waals surface area contributed by atoms with Crippen LogP contribution in [0.4, 0.5) is 10.1 Å². The van der Waals surface area contributed by atoms with Crippen LogP contribution in [0.2, 0.25) is 0 Å². The van der Waals surface area contributed by atoms with Gasteiger partial charge in [-0.05, 0) is 24.3 Å². The van der Waals surface area contributed by atoms with E-state index in [9.17, 15) is 19.6 Å². The zero-order valence-electron chi connectivity index (χ0n) is 11.2. The molecule has 2 aromatic rings. The Labute approximate surface area is 125 Å². The number of aliphatic hydroxyl groups excluding tert-OH is 1. The number of Topliss-reactive ketones (excluding diaryl/α,β-unsaturated/α-hetero) is 1. The molecule has 0 saturated carbocycles. The van der Waals surface area contributed by atoms with Crippen molar-refractivity contribution in [1.29, 1.82) is 5.26 Å². The van der Waals surface area contributed by atoms with Gasteiger partial charge in [0.15, 0.2) is 11.5 Å². The molecule has 3 rings (SSSR count). The molecule has 0 heterocycles. The monoisotopic (exact) mass is 292 g/mol. The number of aliphatic imine (C=N–C) groups is 1. The predicted octanol–water partition coefficient (Wildman–Crippen LogP) is 3.59. The molecule has 0 bridgehead atoms. The van der Waals surface area contributed by atoms with Gasteiger partial charge in [0.05, 0.1) is 5.69 Å². The molecule has 0 atom stereocenters. The SMILES string of the molecule is N#CC(=Nc1ccc(F)cc1)C1=C(O)c2ccccc2C1=O. The van der Waals surface area contributed by atoms with Gasteiger partial charge in [-0.2, -0.15) is 5.26 Å². The highest BCUT2D eigenvalue weighted by molar-refractivity contribution is 6.39. The minimum absolute atomic E-state index is 0.131. The summed E-state index contributed by atoms with van der Waals surface area (Å²) >= 11 is 0. The number of allylic oxidation sites excluding steroid dienone is 1. The van der Waals surface area contributed by atoms with Crippen molar-refractivity contribution in [2.45, 2.75) is 0 Å². The maximum absolute atomic E-state index is 12.9. The van der Waals surface area contributed by atoms with Crippen molar-refractivity contribution in [2.75, 3.05) is 0 Å². The molecule has 0 spiro atoms. The number of nitriles is 1. The molecule has 5 heteroatoms. The summed E-state index contributed by atoms with van der Waals surface area (Å²) in [7, 11) is 0. The Morgan fingerprint density at radius 3 is 2.32 bits per heavy atom. The summed E-state index contributed by atoms with van der Waals surface area (Å²) in [5.41, 5.74) is 0.696. The van der Waals surface area contributed by atoms with Gasteiger partial charge in [0.1, 0.15) is 23.2 Å². The Kier molecular flexibility index (Phi) is 3.28. The molecule has 0 radical (unpaired) electrons. The van der Waals surface area contributed by atoms with Crippen LogP contribution in [-0.2, 0) is 0 Å². The van der Waals surface area contributed by atoms with Crippen molar-refractivity contribution in [1.82, 2.24) is 0 Å². The van der Waals surface area contributed by atoms with Crippen molar-refractivity contribution >= 4 is 22.9 Å². The van der Waals surface area contributed by atoms with Gasteiger partial charge in [0.2, 0.25) is 0 Å². The van der Waals surface area contributed by atoms with Gasteiger partial charge in [0.25, 0.3) is 0 Å². The lowest BCUT2D eigenvalue weighted by Crippen LogP contribution is -2.08. The maximum atomic E-state index is 12.9. The number of halogens is 1. The molecule has 0 aliphatic heterocycles. The van der Waals surface area contributed by atoms with E-state index < -0.39 is 11.6 Å². The third-order valence-electron chi connectivity index (χ3n) is 3.30. The van der Waals surface area contributed by atoms with Crippen LogP contribution in [0.5, 0.6) is 0 Å². The van der Waals surface area contributed by atoms with Crippen LogP contribution in [0.3, 0.4) is 0 Å². The summed E-state index contributed by atoms with van der Waals surface area (Å²) < 4.78 is 12.9. The second-order valence-corrected chi connectivity index (χ2v) is 4.65. The third kappa shape index (κ3) is 2.17. The Morgan fingerprint density at radius 1 is 1.09 bits per heavy atom. The summed E-state index contributed by atoms with van der Waals surface area (Å²) in [5, 5.41) is 19.5. The van der Waals surface area contributed by atoms with Gasteiger partial charge < -0.3 is 5.11 Å². The molecule has 0 amide bonds. The molecule has 1 aliphatic carbocycles. The largest absolute Gasteiger partial charge is 0.506 e. The average Bonchev–Trinajstić information content (AvgIpc) is 2.79. The number of fused-ring (bicyclic) bond motifs is 1. The van der Waals surface area contributed by atoms with Crippen molar-refractivity contribution in [3.63, 3.8) is 0 Å². The Hall–Kier alpha value is -3.26. The topological polar surface area (TPSA) is 73.4 Å². The van der Waals surface area contributed by atoms with E-state index in [1.807, 2.05) is 6.07 Å². The van der Waals surface area contributed by atoms with E-state index >= 15 is 0 Å². The molecule has 4 nitrogen and oxygen atoms in total. The van der Waals surface area contributed by atoms with Gasteiger partial charge in [-0.15, -0.1) is 0 Å². The average molecular weight is 292 g/mol. The first-order valence-electron chi connectivity index (χ1n) is 6.44. The van der Waals surface area contributed by atoms with E-state index in [4.69, 9.17) is 0 Å². The highest BCUT2D eigenvalue weighted by Gasteiger charge is 2.32. The number of rotatable bonds is 2. The number of nitrogens with zero attached hydrogens (tertiary/aromatic N) is 2. The number of aliphatic hydroxyl groups is 1. The first-order valence-corrected chi connectivity index (χ1v) is 6.44. The molecule has 1 aliphatic rings. The highest BCUT2D eigenvalue weighted by atomic mass is 19.1. The fraction of sp³-hybridized carbons (Fsp3) is 0. The first-order chi connectivity index (χ1) is 10.6. The fourth-order valence-electron chi connectivity index (χ4n) is 2.27. The number of hydrogen-bond donors (Lipinski definition) is 1. The van der Waals surface area contributed by atoms with Gasteiger partial charge in [0, 0.05) is 11.1 Å². The minimum Gasteiger partial charge on any atom is -0.506 e. The lowest BCUT2D eigenvalue weighted by Gasteiger charge is -2.00. The van der Waals surface area contributed by atoms with Crippen molar-refractivity contribution in [3.8, 4) is 6.07 Å². The van der Waals surface area contributed by atoms with E-state index in [1.165, 1.54) is 24.3 Å². The number of carbonyl (C=O) groups excluding carboxylic acids is 1. The molecule has 22 heavy (non-hydrogen) atoms. The van der Waals surface area contributed by atoms with Crippen LogP contribution < -0.4 is 0 Å². The highest BCUT2D eigenvalue weighted by Crippen LogP contribution is 2.32. The zero-order chi connectivity index (χ0) is 15.7. The standard InChI is InChI=1S/C17H9FN2O2/c18-10-5-7-11(8-6-10)20-14(9-19)15-16(21)12-3-1-2-4-13(12)17(15)22/h1-8,21H. The van der Waals surface area contributed by atoms with E-state index in [1.54, 1.807) is 24.3 Å². The van der Waals surface area contributed by atoms with E-state index in [2.05, 4.69) is 4.99 Å². The van der Waals surface area contributed by atoms with Crippen molar-refractivity contribution in [2.24, 2.45) is 4.99 Å². The second-order valence-electron chi connectivity index (χ2n) is 4.65. The lowest BCUT2D eigenvalue weighted by atomic mass is 10.1. The Balaban J connectivity index is 2.10. The molecule has 0 unspecified atom stereocenters. The lowest BCUT2D eigenvalue weighted by molar-refractivity contribution is 0.104. The first kappa shape index (κ1) is 13.7. The molecule has 0 fully saturated rings. The Morgan fingerprint density at radius 2 is 1.73 bits per heavy atom. The molecule has 0 saturated heterocycles. The number of hydrogen-bond acceptors (Lipinski definition) is 4. The van der Waals surface area contributed by atoms with Crippen LogP contribution in [0.25, 0.3) is 5.76 Å². The quantitative estimate of drug-likeness (QED) is 0.860. The van der Waals surface area contributed by atoms with Crippen LogP contribution in [0.15, 0.2) is 59.1 Å². The van der Waals surface area contributed by atoms with Crippen LogP contribution >= 0.6 is 0 Å². The Bertz CT molecular complexity index is 874. The maximum Gasteiger partial charge on any atom is 0.200 e. The van der Waals surface area contributed by atoms with Crippen LogP contribution in [-0.4, -0.2) is 16.6 Å². The summed E-state index contributed by atoms with van der Waals surface area (Å²) in [4.78, 5) is 16.4. The van der Waals surface area contributed by atoms with Gasteiger partial charge in [-0.25, -0.2) is 9.38 Å². The van der Waals surface area contributed by atoms with Gasteiger partial charge in [-0.3, -0.25) is 4.79 Å². The minimum atomic E-state index is -0.449. The molecular weight excluding hydrogens is 283 g/mol. The van der Waals surface area contributed by atoms with Crippen LogP contribution in [0, 0.1) is 17.1 Å². The summed E-state index contributed by atoms with van der Waals surface area (Å²) in [6, 6.07) is 13.5. The summed E-state index contributed by atoms with van der Waals surface area (Å²) in [6.45, 7) is 0. The molecule has 106 valence electrons. The summed E-state index contributed by atoms with van der Waals surface area (Å²) in [6.07, 6.45) is 0. The van der Waals surface area contributed by atoms with E-state index in [0.717, 1.165) is 0 Å². The normalized spacial score (nSPS) is 14.0. The number of benzene rings is 2. The smallest absolute Gasteiger partial charge is 0.200 e. The van der Waals surface area contributed by atoms with Crippen molar-refractivity contribution < 1.29 is 14.3 Å². The van der Waals surface area contributed by atoms with Gasteiger partial charge in [-0.1, -0.05) is 24.3 Å². The van der Waals surface area contributed by atoms with Crippen LogP contribution in [0.1, 0.15) is 15.9 Å².